The number of hydrogen-bond acceptors (Lipinski definition) is 5. The van der Waals surface area contributed by atoms with Crippen molar-refractivity contribution >= 4 is 39.9 Å². The van der Waals surface area contributed by atoms with Gasteiger partial charge >= 0.3 is 0 Å². The molecular formula is C11H6IN5O3. The number of benzene rings is 1. The van der Waals surface area contributed by atoms with Crippen LogP contribution in [0.1, 0.15) is 16.1 Å². The maximum atomic E-state index is 12.0. The van der Waals surface area contributed by atoms with E-state index in [-0.39, 0.29) is 22.6 Å². The van der Waals surface area contributed by atoms with E-state index in [1.165, 1.54) is 18.3 Å². The minimum absolute atomic E-state index is 0.0158. The molecule has 2 rings (SSSR count). The predicted molar refractivity (Wildman–Crippen MR) is 77.1 cm³/mol. The lowest BCUT2D eigenvalue weighted by Gasteiger charge is -2.05. The van der Waals surface area contributed by atoms with Crippen LogP contribution in [0, 0.1) is 25.0 Å². The Hall–Kier alpha value is -2.48. The number of nitriles is 1. The predicted octanol–water partition coefficient (Wildman–Crippen LogP) is 2.05. The Bertz CT molecular complexity index is 734. The molecular weight excluding hydrogens is 377 g/mol. The van der Waals surface area contributed by atoms with Gasteiger partial charge in [-0.1, -0.05) is 0 Å². The number of amides is 1. The largest absolute Gasteiger partial charge is 0.319 e. The van der Waals surface area contributed by atoms with Crippen molar-refractivity contribution in [1.29, 1.82) is 5.26 Å². The third-order valence-electron chi connectivity index (χ3n) is 2.40. The van der Waals surface area contributed by atoms with Crippen LogP contribution in [0.15, 0.2) is 24.4 Å². The van der Waals surface area contributed by atoms with E-state index in [2.05, 4.69) is 15.5 Å². The molecule has 9 heteroatoms. The summed E-state index contributed by atoms with van der Waals surface area (Å²) in [4.78, 5) is 22.0. The van der Waals surface area contributed by atoms with E-state index < -0.39 is 10.8 Å². The van der Waals surface area contributed by atoms with Gasteiger partial charge in [0.2, 0.25) is 0 Å². The van der Waals surface area contributed by atoms with Crippen molar-refractivity contribution in [1.82, 2.24) is 10.2 Å². The van der Waals surface area contributed by atoms with Gasteiger partial charge in [0, 0.05) is 12.1 Å². The van der Waals surface area contributed by atoms with Gasteiger partial charge in [-0.3, -0.25) is 20.0 Å². The number of carbonyl (C=O) groups excluding carboxylic acids is 1. The Morgan fingerprint density at radius 1 is 1.55 bits per heavy atom. The minimum Gasteiger partial charge on any atom is -0.319 e. The van der Waals surface area contributed by atoms with Gasteiger partial charge in [-0.25, -0.2) is 0 Å². The molecule has 0 saturated heterocycles. The van der Waals surface area contributed by atoms with Gasteiger partial charge < -0.3 is 5.32 Å². The molecule has 1 amide bonds. The Labute approximate surface area is 126 Å². The van der Waals surface area contributed by atoms with E-state index in [0.717, 1.165) is 6.07 Å². The lowest BCUT2D eigenvalue weighted by atomic mass is 10.1. The molecule has 0 atom stereocenters. The van der Waals surface area contributed by atoms with Crippen LogP contribution in [0.2, 0.25) is 0 Å². The van der Waals surface area contributed by atoms with Gasteiger partial charge in [-0.05, 0) is 28.7 Å². The number of non-ortho nitro benzene ring substituents is 1. The van der Waals surface area contributed by atoms with Gasteiger partial charge in [0.25, 0.3) is 11.6 Å². The minimum atomic E-state index is -0.607. The number of anilines is 1. The fourth-order valence-electron chi connectivity index (χ4n) is 1.46. The number of nitrogens with zero attached hydrogens (tertiary/aromatic N) is 3. The first kappa shape index (κ1) is 13.9. The van der Waals surface area contributed by atoms with Gasteiger partial charge in [0.05, 0.1) is 25.9 Å². The first-order chi connectivity index (χ1) is 9.52. The lowest BCUT2D eigenvalue weighted by molar-refractivity contribution is -0.384. The van der Waals surface area contributed by atoms with Crippen LogP contribution in [0.25, 0.3) is 0 Å². The molecule has 0 aliphatic rings. The van der Waals surface area contributed by atoms with E-state index in [1.807, 2.05) is 28.7 Å². The van der Waals surface area contributed by atoms with E-state index in [1.54, 1.807) is 0 Å². The number of nitro benzene ring substituents is 1. The number of aromatic nitrogens is 2. The summed E-state index contributed by atoms with van der Waals surface area (Å²) in [6.07, 6.45) is 1.48. The zero-order chi connectivity index (χ0) is 14.7. The normalized spacial score (nSPS) is 9.80. The van der Waals surface area contributed by atoms with Crippen molar-refractivity contribution in [2.24, 2.45) is 0 Å². The fourth-order valence-corrected chi connectivity index (χ4v) is 1.97. The molecule has 0 fully saturated rings. The first-order valence-electron chi connectivity index (χ1n) is 5.21. The SMILES string of the molecule is N#Cc1cc([N+](=O)[O-])ccc1NC(=O)c1[nH]ncc1I. The van der Waals surface area contributed by atoms with Crippen LogP contribution in [0.5, 0.6) is 0 Å². The average Bonchev–Trinajstić information content (AvgIpc) is 2.85. The highest BCUT2D eigenvalue weighted by Gasteiger charge is 2.16. The van der Waals surface area contributed by atoms with Gasteiger partial charge in [0.15, 0.2) is 0 Å². The Kier molecular flexibility index (Phi) is 3.94. The van der Waals surface area contributed by atoms with Crippen LogP contribution in [-0.4, -0.2) is 21.0 Å². The summed E-state index contributed by atoms with van der Waals surface area (Å²) in [6, 6.07) is 5.45. The molecule has 0 saturated carbocycles. The molecule has 0 aliphatic carbocycles. The van der Waals surface area contributed by atoms with Crippen molar-refractivity contribution < 1.29 is 9.72 Å². The lowest BCUT2D eigenvalue weighted by Crippen LogP contribution is -2.14. The summed E-state index contributed by atoms with van der Waals surface area (Å²) in [5, 5.41) is 28.4. The van der Waals surface area contributed by atoms with Crippen molar-refractivity contribution in [3.8, 4) is 6.07 Å². The second-order valence-corrected chi connectivity index (χ2v) is 4.81. The van der Waals surface area contributed by atoms with Crippen LogP contribution in [-0.2, 0) is 0 Å². The number of nitrogens with one attached hydrogen (secondary N) is 2. The molecule has 1 aromatic heterocycles. The molecule has 2 N–H and O–H groups in total. The van der Waals surface area contributed by atoms with Gasteiger partial charge in [-0.15, -0.1) is 0 Å². The molecule has 1 aromatic carbocycles. The highest BCUT2D eigenvalue weighted by atomic mass is 127. The molecule has 8 nitrogen and oxygen atoms in total. The zero-order valence-corrected chi connectivity index (χ0v) is 11.9. The number of nitro groups is 1. The second kappa shape index (κ2) is 5.66. The van der Waals surface area contributed by atoms with Crippen molar-refractivity contribution in [3.63, 3.8) is 0 Å². The molecule has 0 spiro atoms. The van der Waals surface area contributed by atoms with E-state index in [9.17, 15) is 14.9 Å². The molecule has 1 heterocycles. The van der Waals surface area contributed by atoms with Crippen LogP contribution < -0.4 is 5.32 Å². The zero-order valence-electron chi connectivity index (χ0n) is 9.75. The number of rotatable bonds is 3. The third-order valence-corrected chi connectivity index (χ3v) is 3.22. The monoisotopic (exact) mass is 383 g/mol. The van der Waals surface area contributed by atoms with Crippen LogP contribution >= 0.6 is 22.6 Å². The standard InChI is InChI=1S/C11H6IN5O3/c12-8-5-14-16-10(8)11(18)15-9-2-1-7(17(19)20)3-6(9)4-13/h1-3,5H,(H,14,16)(H,15,18). The summed E-state index contributed by atoms with van der Waals surface area (Å²) in [5.41, 5.74) is 0.263. The summed E-state index contributed by atoms with van der Waals surface area (Å²) >= 11 is 1.94. The molecule has 0 bridgehead atoms. The summed E-state index contributed by atoms with van der Waals surface area (Å²) < 4.78 is 0.625. The van der Waals surface area contributed by atoms with Crippen molar-refractivity contribution in [3.05, 3.63) is 49.3 Å². The van der Waals surface area contributed by atoms with Crippen molar-refractivity contribution in [2.75, 3.05) is 5.32 Å². The van der Waals surface area contributed by atoms with E-state index in [4.69, 9.17) is 5.26 Å². The smallest absolute Gasteiger partial charge is 0.274 e. The Morgan fingerprint density at radius 3 is 2.85 bits per heavy atom. The number of H-pyrrole nitrogens is 1. The Morgan fingerprint density at radius 2 is 2.30 bits per heavy atom. The van der Waals surface area contributed by atoms with Gasteiger partial charge in [0.1, 0.15) is 11.8 Å². The number of hydrogen-bond donors (Lipinski definition) is 2. The molecule has 0 radical (unpaired) electrons. The van der Waals surface area contributed by atoms with Crippen LogP contribution in [0.3, 0.4) is 0 Å². The highest BCUT2D eigenvalue weighted by Crippen LogP contribution is 2.22. The number of aromatic amines is 1. The molecule has 2 aromatic rings. The van der Waals surface area contributed by atoms with Crippen molar-refractivity contribution in [2.45, 2.75) is 0 Å². The number of carbonyl (C=O) groups is 1. The third kappa shape index (κ3) is 2.75. The Balaban J connectivity index is 2.31. The average molecular weight is 383 g/mol. The molecule has 20 heavy (non-hydrogen) atoms. The number of halogens is 1. The highest BCUT2D eigenvalue weighted by molar-refractivity contribution is 14.1. The fraction of sp³-hybridized carbons (Fsp3) is 0. The maximum Gasteiger partial charge on any atom is 0.274 e. The first-order valence-corrected chi connectivity index (χ1v) is 6.29. The molecule has 0 unspecified atom stereocenters. The maximum absolute atomic E-state index is 12.0. The molecule has 100 valence electrons. The molecule has 0 aliphatic heterocycles. The van der Waals surface area contributed by atoms with E-state index >= 15 is 0 Å². The topological polar surface area (TPSA) is 125 Å². The second-order valence-electron chi connectivity index (χ2n) is 3.65. The van der Waals surface area contributed by atoms with E-state index in [0.29, 0.717) is 3.57 Å². The summed E-state index contributed by atoms with van der Waals surface area (Å²) in [5.74, 6) is -0.475. The van der Waals surface area contributed by atoms with Crippen LogP contribution in [0.4, 0.5) is 11.4 Å². The quantitative estimate of drug-likeness (QED) is 0.477. The summed E-state index contributed by atoms with van der Waals surface area (Å²) in [7, 11) is 0. The van der Waals surface area contributed by atoms with Gasteiger partial charge in [-0.2, -0.15) is 10.4 Å². The summed E-state index contributed by atoms with van der Waals surface area (Å²) in [6.45, 7) is 0.